The number of hydrogen-bond donors (Lipinski definition) is 2. The number of piperidine rings is 1. The van der Waals surface area contributed by atoms with E-state index in [0.29, 0.717) is 28.4 Å². The van der Waals surface area contributed by atoms with Gasteiger partial charge in [0.2, 0.25) is 5.91 Å². The fourth-order valence-electron chi connectivity index (χ4n) is 8.27. The number of nitrogens with two attached hydrogens (primary N) is 1. The molecule has 1 amide bonds. The highest BCUT2D eigenvalue weighted by Crippen LogP contribution is 2.56. The molecule has 3 aliphatic heterocycles. The van der Waals surface area contributed by atoms with Crippen LogP contribution in [0.25, 0.3) is 11.1 Å². The summed E-state index contributed by atoms with van der Waals surface area (Å²) >= 11 is 7.07. The number of aryl methyl sites for hydroxylation is 1. The summed E-state index contributed by atoms with van der Waals surface area (Å²) in [5, 5.41) is 14.3. The second-order valence-corrected chi connectivity index (χ2v) is 14.2. The van der Waals surface area contributed by atoms with Crippen molar-refractivity contribution in [3.63, 3.8) is 0 Å². The van der Waals surface area contributed by atoms with Crippen LogP contribution in [-0.2, 0) is 9.53 Å². The Kier molecular flexibility index (Phi) is 7.67. The molecule has 1 spiro atoms. The maximum Gasteiger partial charge on any atom is 0.245 e. The summed E-state index contributed by atoms with van der Waals surface area (Å²) < 4.78 is 7.74. The molecular weight excluding hydrogens is 562 g/mol. The molecule has 1 atom stereocenters. The van der Waals surface area contributed by atoms with Gasteiger partial charge >= 0.3 is 0 Å². The predicted octanol–water partition coefficient (Wildman–Crippen LogP) is 5.22. The van der Waals surface area contributed by atoms with Gasteiger partial charge in [0.1, 0.15) is 0 Å². The Balaban J connectivity index is 1.38. The van der Waals surface area contributed by atoms with Gasteiger partial charge in [-0.3, -0.25) is 14.4 Å². The van der Waals surface area contributed by atoms with Gasteiger partial charge in [-0.25, -0.2) is 0 Å². The zero-order valence-corrected chi connectivity index (χ0v) is 27.0. The number of benzene rings is 1. The zero-order chi connectivity index (χ0) is 30.8. The van der Waals surface area contributed by atoms with Gasteiger partial charge in [0.15, 0.2) is 5.82 Å². The first-order valence-corrected chi connectivity index (χ1v) is 16.0. The monoisotopic (exact) mass is 607 g/mol. The highest BCUT2D eigenvalue weighted by molar-refractivity contribution is 6.35. The van der Waals surface area contributed by atoms with Crippen LogP contribution in [0.15, 0.2) is 18.7 Å². The second kappa shape index (κ2) is 10.9. The molecule has 1 aromatic carbocycles. The summed E-state index contributed by atoms with van der Waals surface area (Å²) in [4.78, 5) is 19.1. The number of carbonyl (C=O) groups excluding carboxylic acids is 1. The molecule has 3 saturated heterocycles. The Morgan fingerprint density at radius 3 is 2.49 bits per heavy atom. The zero-order valence-electron chi connectivity index (χ0n) is 26.3. The number of ether oxygens (including phenoxy) is 1. The summed E-state index contributed by atoms with van der Waals surface area (Å²) in [6.07, 6.45) is 6.75. The third-order valence-corrected chi connectivity index (χ3v) is 11.1. The van der Waals surface area contributed by atoms with Crippen molar-refractivity contribution in [1.29, 1.82) is 5.41 Å². The van der Waals surface area contributed by atoms with Gasteiger partial charge in [-0.1, -0.05) is 25.1 Å². The summed E-state index contributed by atoms with van der Waals surface area (Å²) in [6, 6.07) is 3.09. The molecule has 1 unspecified atom stereocenters. The van der Waals surface area contributed by atoms with Crippen LogP contribution >= 0.6 is 11.6 Å². The predicted molar refractivity (Wildman–Crippen MR) is 173 cm³/mol. The van der Waals surface area contributed by atoms with E-state index in [1.165, 1.54) is 12.3 Å². The van der Waals surface area contributed by atoms with Gasteiger partial charge in [-0.05, 0) is 77.6 Å². The molecular formula is C33H46ClN7O2. The topological polar surface area (TPSA) is 104 Å². The number of halogens is 1. The molecule has 6 rings (SSSR count). The summed E-state index contributed by atoms with van der Waals surface area (Å²) in [5.74, 6) is 0.931. The Morgan fingerprint density at radius 2 is 1.93 bits per heavy atom. The van der Waals surface area contributed by atoms with Crippen molar-refractivity contribution < 1.29 is 9.53 Å². The van der Waals surface area contributed by atoms with Gasteiger partial charge in [-0.2, -0.15) is 5.10 Å². The Morgan fingerprint density at radius 1 is 1.23 bits per heavy atom. The van der Waals surface area contributed by atoms with E-state index in [1.54, 1.807) is 0 Å². The third kappa shape index (κ3) is 4.88. The standard InChI is InChI=1S/C33H46ClN7O2/c1-7-27(42)38-18-33(19-38)13-23(14-33)41-21(4)28(29-25(15-35)26(36)11-20(3)30(29)34)31(37-41)40-10-9-22(12-32(40,5)6)39(8-2)24-16-43-17-24/h7,11,15,22-24,35H,1,8-10,12-14,16-19,36H2,2-6H3. The van der Waals surface area contributed by atoms with E-state index in [-0.39, 0.29) is 22.9 Å². The van der Waals surface area contributed by atoms with Crippen LogP contribution in [0.3, 0.4) is 0 Å². The number of hydrogen-bond acceptors (Lipinski definition) is 7. The number of likely N-dealkylation sites (N-methyl/N-ethyl adjacent to an activating group) is 1. The molecule has 9 nitrogen and oxygen atoms in total. The maximum absolute atomic E-state index is 12.1. The van der Waals surface area contributed by atoms with E-state index in [0.717, 1.165) is 93.3 Å². The highest BCUT2D eigenvalue weighted by atomic mass is 35.5. The van der Waals surface area contributed by atoms with Crippen molar-refractivity contribution in [2.45, 2.75) is 84.0 Å². The van der Waals surface area contributed by atoms with E-state index >= 15 is 0 Å². The molecule has 4 fully saturated rings. The number of amides is 1. The van der Waals surface area contributed by atoms with Crippen LogP contribution in [-0.4, -0.2) is 88.7 Å². The minimum atomic E-state index is -0.158. The maximum atomic E-state index is 12.1. The summed E-state index contributed by atoms with van der Waals surface area (Å²) in [5.41, 5.74) is 11.4. The van der Waals surface area contributed by atoms with Gasteiger partial charge < -0.3 is 25.7 Å². The lowest BCUT2D eigenvalue weighted by atomic mass is 9.60. The van der Waals surface area contributed by atoms with Crippen LogP contribution in [0.2, 0.25) is 5.02 Å². The number of aromatic nitrogens is 2. The van der Waals surface area contributed by atoms with Crippen molar-refractivity contribution in [1.82, 2.24) is 19.6 Å². The molecule has 4 aliphatic rings. The van der Waals surface area contributed by atoms with Gasteiger partial charge in [0, 0.05) is 70.9 Å². The lowest BCUT2D eigenvalue weighted by Crippen LogP contribution is -2.63. The van der Waals surface area contributed by atoms with E-state index < -0.39 is 0 Å². The quantitative estimate of drug-likeness (QED) is 0.242. The van der Waals surface area contributed by atoms with E-state index in [4.69, 9.17) is 32.6 Å². The third-order valence-electron chi connectivity index (χ3n) is 10.6. The van der Waals surface area contributed by atoms with E-state index in [1.807, 2.05) is 17.9 Å². The largest absolute Gasteiger partial charge is 0.398 e. The lowest BCUT2D eigenvalue weighted by molar-refractivity contribution is -0.149. The average molecular weight is 608 g/mol. The van der Waals surface area contributed by atoms with Gasteiger partial charge in [-0.15, -0.1) is 0 Å². The molecule has 1 aromatic heterocycles. The van der Waals surface area contributed by atoms with Crippen molar-refractivity contribution >= 4 is 35.2 Å². The first-order valence-electron chi connectivity index (χ1n) is 15.6. The first-order chi connectivity index (χ1) is 20.4. The van der Waals surface area contributed by atoms with Crippen LogP contribution in [0.4, 0.5) is 11.5 Å². The van der Waals surface area contributed by atoms with E-state index in [2.05, 4.69) is 48.8 Å². The smallest absolute Gasteiger partial charge is 0.245 e. The van der Waals surface area contributed by atoms with Gasteiger partial charge in [0.25, 0.3) is 0 Å². The number of nitrogen functional groups attached to an aromatic ring is 1. The van der Waals surface area contributed by atoms with Crippen molar-refractivity contribution in [3.05, 3.63) is 40.6 Å². The van der Waals surface area contributed by atoms with E-state index in [9.17, 15) is 4.79 Å². The van der Waals surface area contributed by atoms with Crippen LogP contribution in [0.1, 0.15) is 69.3 Å². The van der Waals surface area contributed by atoms with Gasteiger partial charge in [0.05, 0.1) is 30.3 Å². The number of anilines is 2. The molecule has 232 valence electrons. The van der Waals surface area contributed by atoms with Crippen LogP contribution in [0.5, 0.6) is 0 Å². The average Bonchev–Trinajstić information content (AvgIpc) is 3.21. The van der Waals surface area contributed by atoms with Crippen molar-refractivity contribution in [2.75, 3.05) is 50.0 Å². The molecule has 1 saturated carbocycles. The molecule has 1 aliphatic carbocycles. The summed E-state index contributed by atoms with van der Waals surface area (Å²) in [7, 11) is 0. The Bertz CT molecular complexity index is 1450. The van der Waals surface area contributed by atoms with Crippen molar-refractivity contribution in [2.24, 2.45) is 5.41 Å². The highest BCUT2D eigenvalue weighted by Gasteiger charge is 2.55. The first kappa shape index (κ1) is 30.2. The Hall–Kier alpha value is -2.88. The number of nitrogens with one attached hydrogen (secondary N) is 1. The minimum Gasteiger partial charge on any atom is -0.398 e. The Labute approximate surface area is 260 Å². The molecule has 3 N–H and O–H groups in total. The number of likely N-dealkylation sites (tertiary alicyclic amines) is 1. The minimum absolute atomic E-state index is 0.0110. The summed E-state index contributed by atoms with van der Waals surface area (Å²) in [6.45, 7) is 19.7. The number of rotatable bonds is 8. The fourth-order valence-corrected chi connectivity index (χ4v) is 8.52. The number of nitrogens with zero attached hydrogens (tertiary/aromatic N) is 5. The van der Waals surface area contributed by atoms with Crippen molar-refractivity contribution in [3.8, 4) is 11.1 Å². The normalized spacial score (nSPS) is 23.2. The van der Waals surface area contributed by atoms with Crippen LogP contribution in [0, 0.1) is 24.7 Å². The second-order valence-electron chi connectivity index (χ2n) is 13.9. The molecule has 43 heavy (non-hydrogen) atoms. The van der Waals surface area contributed by atoms with Crippen LogP contribution < -0.4 is 10.6 Å². The fraction of sp³-hybridized carbons (Fsp3) is 0.606. The molecule has 4 heterocycles. The molecule has 2 aromatic rings. The molecule has 0 bridgehead atoms. The number of carbonyl (C=O) groups is 1. The molecule has 0 radical (unpaired) electrons. The SMILES string of the molecule is C=CC(=O)N1CC2(CC(n3nc(N4CCC(N(CC)C5COC5)CC4(C)C)c(-c4c(Cl)c(C)cc(N)c4C=N)c3C)C2)C1. The molecule has 10 heteroatoms. The lowest BCUT2D eigenvalue weighted by Gasteiger charge is -2.58.